The van der Waals surface area contributed by atoms with E-state index in [1.54, 1.807) is 67.8 Å². The molecule has 0 spiro atoms. The zero-order valence-corrected chi connectivity index (χ0v) is 15.4. The Hall–Kier alpha value is -3.87. The number of anilines is 3. The van der Waals surface area contributed by atoms with Crippen molar-refractivity contribution in [1.82, 2.24) is 4.98 Å². The molecule has 1 aromatic heterocycles. The number of nitrogens with zero attached hydrogens (tertiary/aromatic N) is 1. The van der Waals surface area contributed by atoms with Crippen molar-refractivity contribution < 1.29 is 19.1 Å². The van der Waals surface area contributed by atoms with Crippen LogP contribution in [0.2, 0.25) is 0 Å². The molecule has 3 aromatic rings. The molecule has 0 atom stereocenters. The number of carbonyl (C=O) groups is 2. The van der Waals surface area contributed by atoms with E-state index in [9.17, 15) is 9.59 Å². The summed E-state index contributed by atoms with van der Waals surface area (Å²) in [6.45, 7) is 0. The van der Waals surface area contributed by atoms with Gasteiger partial charge in [0, 0.05) is 17.6 Å². The predicted molar refractivity (Wildman–Crippen MR) is 106 cm³/mol. The average molecular weight is 377 g/mol. The minimum atomic E-state index is -0.415. The van der Waals surface area contributed by atoms with Crippen molar-refractivity contribution in [1.29, 1.82) is 0 Å². The summed E-state index contributed by atoms with van der Waals surface area (Å²) >= 11 is 0. The van der Waals surface area contributed by atoms with Crippen LogP contribution < -0.4 is 15.4 Å². The van der Waals surface area contributed by atoms with Gasteiger partial charge in [-0.15, -0.1) is 0 Å². The number of ether oxygens (including phenoxy) is 2. The molecule has 28 heavy (non-hydrogen) atoms. The van der Waals surface area contributed by atoms with E-state index in [2.05, 4.69) is 15.6 Å². The Morgan fingerprint density at radius 3 is 2.32 bits per heavy atom. The summed E-state index contributed by atoms with van der Waals surface area (Å²) < 4.78 is 9.80. The molecule has 0 aliphatic rings. The molecule has 0 bridgehead atoms. The molecule has 1 heterocycles. The zero-order valence-electron chi connectivity index (χ0n) is 15.4. The van der Waals surface area contributed by atoms with E-state index in [-0.39, 0.29) is 5.91 Å². The van der Waals surface area contributed by atoms with Gasteiger partial charge in [-0.1, -0.05) is 6.07 Å². The van der Waals surface area contributed by atoms with E-state index in [4.69, 9.17) is 9.47 Å². The van der Waals surface area contributed by atoms with Crippen molar-refractivity contribution in [2.45, 2.75) is 0 Å². The first-order valence-corrected chi connectivity index (χ1v) is 8.46. The molecule has 0 radical (unpaired) electrons. The van der Waals surface area contributed by atoms with Gasteiger partial charge in [-0.25, -0.2) is 9.78 Å². The lowest BCUT2D eigenvalue weighted by molar-refractivity contribution is 0.0600. The van der Waals surface area contributed by atoms with Gasteiger partial charge in [0.1, 0.15) is 11.6 Å². The topological polar surface area (TPSA) is 89.5 Å². The monoisotopic (exact) mass is 377 g/mol. The summed E-state index contributed by atoms with van der Waals surface area (Å²) in [5.41, 5.74) is 2.20. The fraction of sp³-hybridized carbons (Fsp3) is 0.0952. The Kier molecular flexibility index (Phi) is 5.86. The molecule has 2 N–H and O–H groups in total. The SMILES string of the molecule is COC(=O)c1cccc(Nc2ccc(C(=O)Nc3ccc(OC)cc3)cn2)c1. The van der Waals surface area contributed by atoms with Crippen LogP contribution in [0.25, 0.3) is 0 Å². The van der Waals surface area contributed by atoms with Gasteiger partial charge in [0.15, 0.2) is 0 Å². The van der Waals surface area contributed by atoms with Gasteiger partial charge in [-0.05, 0) is 54.6 Å². The molecule has 142 valence electrons. The number of rotatable bonds is 6. The average Bonchev–Trinajstić information content (AvgIpc) is 2.74. The van der Waals surface area contributed by atoms with Crippen LogP contribution in [0.4, 0.5) is 17.2 Å². The van der Waals surface area contributed by atoms with E-state index in [1.165, 1.54) is 13.3 Å². The lowest BCUT2D eigenvalue weighted by Gasteiger charge is -2.09. The van der Waals surface area contributed by atoms with Crippen molar-refractivity contribution >= 4 is 29.1 Å². The Morgan fingerprint density at radius 1 is 0.893 bits per heavy atom. The molecule has 2 aromatic carbocycles. The summed E-state index contributed by atoms with van der Waals surface area (Å²) in [7, 11) is 2.92. The Morgan fingerprint density at radius 2 is 1.68 bits per heavy atom. The van der Waals surface area contributed by atoms with Crippen molar-refractivity contribution in [3.05, 3.63) is 78.0 Å². The number of benzene rings is 2. The highest BCUT2D eigenvalue weighted by atomic mass is 16.5. The second kappa shape index (κ2) is 8.68. The number of aromatic nitrogens is 1. The summed E-state index contributed by atoms with van der Waals surface area (Å²) in [6, 6.07) is 17.3. The molecule has 7 heteroatoms. The molecule has 0 fully saturated rings. The standard InChI is InChI=1S/C21H19N3O4/c1-27-18-9-7-16(8-10-18)24-20(25)15-6-11-19(22-13-15)23-17-5-3-4-14(12-17)21(26)28-2/h3-13H,1-2H3,(H,22,23)(H,24,25). The van der Waals surface area contributed by atoms with Crippen molar-refractivity contribution in [2.24, 2.45) is 0 Å². The molecular weight excluding hydrogens is 358 g/mol. The fourth-order valence-electron chi connectivity index (χ4n) is 2.47. The molecule has 0 aliphatic carbocycles. The highest BCUT2D eigenvalue weighted by Gasteiger charge is 2.09. The minimum absolute atomic E-state index is 0.267. The molecule has 7 nitrogen and oxygen atoms in total. The maximum atomic E-state index is 12.3. The molecule has 0 saturated carbocycles. The highest BCUT2D eigenvalue weighted by molar-refractivity contribution is 6.04. The van der Waals surface area contributed by atoms with Gasteiger partial charge >= 0.3 is 5.97 Å². The summed E-state index contributed by atoms with van der Waals surface area (Å²) in [5.74, 6) is 0.577. The van der Waals surface area contributed by atoms with Crippen LogP contribution in [0, 0.1) is 0 Å². The Balaban J connectivity index is 1.65. The number of pyridine rings is 1. The fourth-order valence-corrected chi connectivity index (χ4v) is 2.47. The van der Waals surface area contributed by atoms with Crippen molar-refractivity contribution in [2.75, 3.05) is 24.9 Å². The van der Waals surface area contributed by atoms with Crippen LogP contribution in [0.5, 0.6) is 5.75 Å². The van der Waals surface area contributed by atoms with Gasteiger partial charge in [-0.3, -0.25) is 4.79 Å². The zero-order chi connectivity index (χ0) is 19.9. The number of amides is 1. The second-order valence-electron chi connectivity index (χ2n) is 5.81. The quantitative estimate of drug-likeness (QED) is 0.634. The molecule has 0 saturated heterocycles. The molecule has 0 aliphatic heterocycles. The number of methoxy groups -OCH3 is 2. The minimum Gasteiger partial charge on any atom is -0.497 e. The number of esters is 1. The lowest BCUT2D eigenvalue weighted by atomic mass is 10.2. The van der Waals surface area contributed by atoms with Crippen LogP contribution in [0.3, 0.4) is 0 Å². The Labute approximate surface area is 162 Å². The maximum absolute atomic E-state index is 12.3. The van der Waals surface area contributed by atoms with Crippen LogP contribution in [-0.4, -0.2) is 31.1 Å². The first-order valence-electron chi connectivity index (χ1n) is 8.46. The van der Waals surface area contributed by atoms with Crippen LogP contribution in [0.15, 0.2) is 66.9 Å². The number of carbonyl (C=O) groups excluding carboxylic acids is 2. The first-order chi connectivity index (χ1) is 13.6. The summed E-state index contributed by atoms with van der Waals surface area (Å²) in [4.78, 5) is 28.2. The largest absolute Gasteiger partial charge is 0.497 e. The van der Waals surface area contributed by atoms with Gasteiger partial charge in [-0.2, -0.15) is 0 Å². The molecular formula is C21H19N3O4. The van der Waals surface area contributed by atoms with Gasteiger partial charge in [0.2, 0.25) is 0 Å². The number of nitrogens with one attached hydrogen (secondary N) is 2. The third-order valence-electron chi connectivity index (χ3n) is 3.93. The first kappa shape index (κ1) is 18.9. The van der Waals surface area contributed by atoms with Crippen molar-refractivity contribution in [3.8, 4) is 5.75 Å². The van der Waals surface area contributed by atoms with E-state index >= 15 is 0 Å². The van der Waals surface area contributed by atoms with Gasteiger partial charge < -0.3 is 20.1 Å². The van der Waals surface area contributed by atoms with E-state index < -0.39 is 5.97 Å². The predicted octanol–water partition coefficient (Wildman–Crippen LogP) is 3.87. The van der Waals surface area contributed by atoms with Crippen LogP contribution in [-0.2, 0) is 4.74 Å². The third kappa shape index (κ3) is 4.64. The maximum Gasteiger partial charge on any atom is 0.337 e. The van der Waals surface area contributed by atoms with Gasteiger partial charge in [0.25, 0.3) is 5.91 Å². The van der Waals surface area contributed by atoms with Gasteiger partial charge in [0.05, 0.1) is 25.3 Å². The smallest absolute Gasteiger partial charge is 0.337 e. The molecule has 3 rings (SSSR count). The second-order valence-corrected chi connectivity index (χ2v) is 5.81. The van der Waals surface area contributed by atoms with Crippen molar-refractivity contribution in [3.63, 3.8) is 0 Å². The molecule has 0 unspecified atom stereocenters. The van der Waals surface area contributed by atoms with E-state index in [0.29, 0.717) is 34.1 Å². The third-order valence-corrected chi connectivity index (χ3v) is 3.93. The highest BCUT2D eigenvalue weighted by Crippen LogP contribution is 2.18. The lowest BCUT2D eigenvalue weighted by Crippen LogP contribution is -2.12. The Bertz CT molecular complexity index is 970. The van der Waals surface area contributed by atoms with Crippen LogP contribution in [0.1, 0.15) is 20.7 Å². The van der Waals surface area contributed by atoms with Crippen LogP contribution >= 0.6 is 0 Å². The normalized spacial score (nSPS) is 10.1. The number of hydrogen-bond acceptors (Lipinski definition) is 6. The van der Waals surface area contributed by atoms with E-state index in [0.717, 1.165) is 0 Å². The van der Waals surface area contributed by atoms with E-state index in [1.807, 2.05) is 0 Å². The summed E-state index contributed by atoms with van der Waals surface area (Å²) in [5, 5.41) is 5.89. The molecule has 1 amide bonds. The number of hydrogen-bond donors (Lipinski definition) is 2. The summed E-state index contributed by atoms with van der Waals surface area (Å²) in [6.07, 6.45) is 1.48.